The van der Waals surface area contributed by atoms with Gasteiger partial charge in [0.1, 0.15) is 6.04 Å². The number of hydrogen-bond acceptors (Lipinski definition) is 3. The summed E-state index contributed by atoms with van der Waals surface area (Å²) in [6.07, 6.45) is 5.39. The van der Waals surface area contributed by atoms with E-state index in [2.05, 4.69) is 10.1 Å². The summed E-state index contributed by atoms with van der Waals surface area (Å²) in [6, 6.07) is -0.649. The van der Waals surface area contributed by atoms with Crippen LogP contribution in [-0.4, -0.2) is 25.0 Å². The first-order valence-electron chi connectivity index (χ1n) is 4.36. The fourth-order valence-electron chi connectivity index (χ4n) is 1.03. The third-order valence-corrected chi connectivity index (χ3v) is 1.63. The Balaban J connectivity index is 4.33. The summed E-state index contributed by atoms with van der Waals surface area (Å²) >= 11 is 0. The van der Waals surface area contributed by atoms with E-state index >= 15 is 0 Å². The lowest BCUT2D eigenvalue weighted by atomic mass is 10.0. The van der Waals surface area contributed by atoms with Gasteiger partial charge in [0.15, 0.2) is 0 Å². The van der Waals surface area contributed by atoms with E-state index in [-0.39, 0.29) is 5.92 Å². The van der Waals surface area contributed by atoms with Crippen LogP contribution in [0.4, 0.5) is 0 Å². The highest BCUT2D eigenvalue weighted by Gasteiger charge is 2.21. The van der Waals surface area contributed by atoms with Crippen molar-refractivity contribution in [1.29, 1.82) is 0 Å². The Labute approximate surface area is 84.0 Å². The fourth-order valence-corrected chi connectivity index (χ4v) is 1.03. The van der Waals surface area contributed by atoms with Gasteiger partial charge in [0.25, 0.3) is 5.91 Å². The van der Waals surface area contributed by atoms with Crippen molar-refractivity contribution in [3.63, 3.8) is 0 Å². The third kappa shape index (κ3) is 4.51. The van der Waals surface area contributed by atoms with Crippen molar-refractivity contribution in [3.05, 3.63) is 0 Å². The highest BCUT2D eigenvalue weighted by Crippen LogP contribution is 2.05. The van der Waals surface area contributed by atoms with Gasteiger partial charge in [-0.15, -0.1) is 6.42 Å². The first-order valence-corrected chi connectivity index (χ1v) is 4.36. The molecule has 0 aromatic carbocycles. The van der Waals surface area contributed by atoms with E-state index in [1.165, 1.54) is 7.11 Å². The number of carbonyl (C=O) groups is 2. The van der Waals surface area contributed by atoms with Gasteiger partial charge in [-0.05, 0) is 18.3 Å². The Morgan fingerprint density at radius 3 is 2.43 bits per heavy atom. The Hall–Kier alpha value is -1.50. The Morgan fingerprint density at radius 2 is 2.07 bits per heavy atom. The minimum absolute atomic E-state index is 0.275. The average molecular weight is 197 g/mol. The van der Waals surface area contributed by atoms with Crippen molar-refractivity contribution in [2.24, 2.45) is 5.92 Å². The molecule has 0 fully saturated rings. The molecule has 4 heteroatoms. The second-order valence-electron chi connectivity index (χ2n) is 3.32. The van der Waals surface area contributed by atoms with Crippen LogP contribution in [0.2, 0.25) is 0 Å². The van der Waals surface area contributed by atoms with Gasteiger partial charge < -0.3 is 10.1 Å². The molecule has 1 N–H and O–H groups in total. The predicted octanol–water partition coefficient (Wildman–Crippen LogP) is 0.323. The van der Waals surface area contributed by atoms with Crippen LogP contribution in [-0.2, 0) is 14.3 Å². The van der Waals surface area contributed by atoms with E-state index in [1.54, 1.807) is 0 Å². The number of hydrogen-bond donors (Lipinski definition) is 1. The lowest BCUT2D eigenvalue weighted by Crippen LogP contribution is -2.41. The van der Waals surface area contributed by atoms with Gasteiger partial charge in [-0.3, -0.25) is 4.79 Å². The Morgan fingerprint density at radius 1 is 1.50 bits per heavy atom. The van der Waals surface area contributed by atoms with E-state index in [9.17, 15) is 9.59 Å². The number of amides is 1. The summed E-state index contributed by atoms with van der Waals surface area (Å²) in [7, 11) is 1.28. The molecule has 0 saturated carbocycles. The standard InChI is InChI=1S/C10H15NO3/c1-5-9(12)11-8(6-7(2)3)10(13)14-4/h1,7-8H,6H2,2-4H3,(H,11,12)/t8-/m0/s1. The zero-order valence-electron chi connectivity index (χ0n) is 8.66. The Bertz CT molecular complexity index is 253. The van der Waals surface area contributed by atoms with Crippen LogP contribution in [0.15, 0.2) is 0 Å². The average Bonchev–Trinajstić information content (AvgIpc) is 2.14. The molecule has 0 aromatic heterocycles. The first-order chi connectivity index (χ1) is 6.51. The van der Waals surface area contributed by atoms with Gasteiger partial charge in [-0.2, -0.15) is 0 Å². The lowest BCUT2D eigenvalue weighted by molar-refractivity contribution is -0.145. The molecule has 1 atom stereocenters. The molecule has 0 heterocycles. The fraction of sp³-hybridized carbons (Fsp3) is 0.600. The lowest BCUT2D eigenvalue weighted by Gasteiger charge is -2.16. The molecular formula is C10H15NO3. The van der Waals surface area contributed by atoms with Gasteiger partial charge in [0.05, 0.1) is 7.11 Å². The number of ether oxygens (including phenoxy) is 1. The molecule has 0 radical (unpaired) electrons. The van der Waals surface area contributed by atoms with Crippen molar-refractivity contribution in [2.75, 3.05) is 7.11 Å². The summed E-state index contributed by atoms with van der Waals surface area (Å²) in [5, 5.41) is 2.40. The molecule has 0 unspecified atom stereocenters. The van der Waals surface area contributed by atoms with Crippen LogP contribution >= 0.6 is 0 Å². The highest BCUT2D eigenvalue weighted by molar-refractivity contribution is 5.95. The first kappa shape index (κ1) is 12.5. The van der Waals surface area contributed by atoms with Crippen LogP contribution in [0.1, 0.15) is 20.3 Å². The second-order valence-corrected chi connectivity index (χ2v) is 3.32. The molecule has 0 bridgehead atoms. The summed E-state index contributed by atoms with van der Waals surface area (Å²) in [4.78, 5) is 22.1. The number of nitrogens with one attached hydrogen (secondary N) is 1. The van der Waals surface area contributed by atoms with Gasteiger partial charge in [0, 0.05) is 0 Å². The van der Waals surface area contributed by atoms with Crippen molar-refractivity contribution < 1.29 is 14.3 Å². The van der Waals surface area contributed by atoms with E-state index in [0.29, 0.717) is 6.42 Å². The zero-order chi connectivity index (χ0) is 11.1. The SMILES string of the molecule is C#CC(=O)N[C@@H](CC(C)C)C(=O)OC. The molecule has 1 amide bonds. The second kappa shape index (κ2) is 6.03. The quantitative estimate of drug-likeness (QED) is 0.521. The summed E-state index contributed by atoms with van der Waals surface area (Å²) in [6.45, 7) is 3.88. The topological polar surface area (TPSA) is 55.4 Å². The van der Waals surface area contributed by atoms with Gasteiger partial charge in [-0.25, -0.2) is 4.79 Å². The zero-order valence-corrected chi connectivity index (χ0v) is 8.66. The van der Waals surface area contributed by atoms with Crippen molar-refractivity contribution in [3.8, 4) is 12.3 Å². The van der Waals surface area contributed by atoms with E-state index in [1.807, 2.05) is 19.8 Å². The number of terminal acetylenes is 1. The summed E-state index contributed by atoms with van der Waals surface area (Å²) < 4.78 is 4.54. The van der Waals surface area contributed by atoms with E-state index < -0.39 is 17.9 Å². The highest BCUT2D eigenvalue weighted by atomic mass is 16.5. The third-order valence-electron chi connectivity index (χ3n) is 1.63. The number of methoxy groups -OCH3 is 1. The van der Waals surface area contributed by atoms with Gasteiger partial charge in [-0.1, -0.05) is 13.8 Å². The predicted molar refractivity (Wildman–Crippen MR) is 52.2 cm³/mol. The van der Waals surface area contributed by atoms with E-state index in [0.717, 1.165) is 0 Å². The molecule has 4 nitrogen and oxygen atoms in total. The normalized spacial score (nSPS) is 11.6. The molecule has 0 aliphatic carbocycles. The van der Waals surface area contributed by atoms with Crippen molar-refractivity contribution >= 4 is 11.9 Å². The molecule has 14 heavy (non-hydrogen) atoms. The molecule has 78 valence electrons. The minimum atomic E-state index is -0.649. The van der Waals surface area contributed by atoms with Gasteiger partial charge >= 0.3 is 5.97 Å². The summed E-state index contributed by atoms with van der Waals surface area (Å²) in [5.74, 6) is 1.10. The van der Waals surface area contributed by atoms with Crippen LogP contribution in [0.5, 0.6) is 0 Å². The molecule has 0 aliphatic rings. The van der Waals surface area contributed by atoms with Crippen molar-refractivity contribution in [2.45, 2.75) is 26.3 Å². The monoisotopic (exact) mass is 197 g/mol. The number of rotatable bonds is 4. The molecule has 0 aliphatic heterocycles. The van der Waals surface area contributed by atoms with Crippen LogP contribution in [0.3, 0.4) is 0 Å². The molecular weight excluding hydrogens is 182 g/mol. The van der Waals surface area contributed by atoms with Crippen molar-refractivity contribution in [1.82, 2.24) is 5.32 Å². The maximum atomic E-state index is 11.2. The molecule has 0 spiro atoms. The van der Waals surface area contributed by atoms with Crippen LogP contribution in [0.25, 0.3) is 0 Å². The number of esters is 1. The van der Waals surface area contributed by atoms with Crippen LogP contribution in [0, 0.1) is 18.3 Å². The van der Waals surface area contributed by atoms with Crippen LogP contribution < -0.4 is 5.32 Å². The maximum absolute atomic E-state index is 11.2. The Kier molecular flexibility index (Phi) is 5.38. The number of carbonyl (C=O) groups excluding carboxylic acids is 2. The van der Waals surface area contributed by atoms with E-state index in [4.69, 9.17) is 6.42 Å². The maximum Gasteiger partial charge on any atom is 0.328 e. The van der Waals surface area contributed by atoms with Gasteiger partial charge in [0.2, 0.25) is 0 Å². The molecule has 0 saturated heterocycles. The minimum Gasteiger partial charge on any atom is -0.467 e. The molecule has 0 aromatic rings. The largest absolute Gasteiger partial charge is 0.467 e. The summed E-state index contributed by atoms with van der Waals surface area (Å²) in [5.41, 5.74) is 0. The molecule has 0 rings (SSSR count). The smallest absolute Gasteiger partial charge is 0.328 e.